The Bertz CT molecular complexity index is 258. The van der Waals surface area contributed by atoms with Crippen LogP contribution in [-0.2, 0) is 0 Å². The fraction of sp³-hybridized carbons (Fsp3) is 1.00. The van der Waals surface area contributed by atoms with E-state index >= 15 is 0 Å². The maximum Gasteiger partial charge on any atom is 0.00460 e. The molecule has 0 bridgehead atoms. The summed E-state index contributed by atoms with van der Waals surface area (Å²) < 4.78 is 0. The first-order valence-corrected chi connectivity index (χ1v) is 8.78. The number of nitrogens with zero attached hydrogens (tertiary/aromatic N) is 1. The summed E-state index contributed by atoms with van der Waals surface area (Å²) in [5, 5.41) is 0. The first-order chi connectivity index (χ1) is 8.81. The highest BCUT2D eigenvalue weighted by Gasteiger charge is 2.39. The molecule has 0 spiro atoms. The molecular weight excluding hydrogens is 238 g/mol. The lowest BCUT2D eigenvalue weighted by atomic mass is 9.81. The molecule has 1 aliphatic heterocycles. The van der Waals surface area contributed by atoms with Crippen LogP contribution in [0.2, 0.25) is 0 Å². The van der Waals surface area contributed by atoms with E-state index in [4.69, 9.17) is 12.6 Å². The smallest absolute Gasteiger partial charge is 0.00460 e. The van der Waals surface area contributed by atoms with Gasteiger partial charge in [-0.15, -0.1) is 0 Å². The molecule has 3 rings (SSSR count). The highest BCUT2D eigenvalue weighted by molar-refractivity contribution is 7.80. The van der Waals surface area contributed by atoms with E-state index in [0.717, 1.165) is 17.6 Å². The highest BCUT2D eigenvalue weighted by atomic mass is 32.1. The molecule has 3 fully saturated rings. The van der Waals surface area contributed by atoms with Gasteiger partial charge in [-0.1, -0.05) is 32.1 Å². The van der Waals surface area contributed by atoms with Crippen LogP contribution in [0.1, 0.15) is 57.8 Å². The maximum atomic E-state index is 4.73. The van der Waals surface area contributed by atoms with Gasteiger partial charge >= 0.3 is 0 Å². The zero-order valence-corrected chi connectivity index (χ0v) is 12.6. The van der Waals surface area contributed by atoms with Crippen molar-refractivity contribution in [2.45, 2.75) is 57.8 Å². The number of thiol groups is 1. The van der Waals surface area contributed by atoms with Crippen molar-refractivity contribution in [2.24, 2.45) is 17.3 Å². The number of likely N-dealkylation sites (tertiary alicyclic amines) is 1. The molecule has 18 heavy (non-hydrogen) atoms. The van der Waals surface area contributed by atoms with E-state index in [1.807, 2.05) is 0 Å². The Morgan fingerprint density at radius 2 is 1.50 bits per heavy atom. The van der Waals surface area contributed by atoms with E-state index in [-0.39, 0.29) is 0 Å². The van der Waals surface area contributed by atoms with Crippen molar-refractivity contribution in [1.29, 1.82) is 0 Å². The summed E-state index contributed by atoms with van der Waals surface area (Å²) in [6, 6.07) is 0. The molecule has 2 saturated carbocycles. The lowest BCUT2D eigenvalue weighted by molar-refractivity contribution is 0.166. The van der Waals surface area contributed by atoms with Gasteiger partial charge in [0.05, 0.1) is 0 Å². The van der Waals surface area contributed by atoms with Crippen molar-refractivity contribution in [2.75, 3.05) is 25.4 Å². The molecule has 0 aromatic heterocycles. The van der Waals surface area contributed by atoms with Gasteiger partial charge in [0, 0.05) is 19.6 Å². The third-order valence-electron chi connectivity index (χ3n) is 5.86. The lowest BCUT2D eigenvalue weighted by Gasteiger charge is -2.35. The van der Waals surface area contributed by atoms with Crippen molar-refractivity contribution in [3.8, 4) is 0 Å². The minimum absolute atomic E-state index is 0.554. The van der Waals surface area contributed by atoms with E-state index in [1.54, 1.807) is 0 Å². The van der Waals surface area contributed by atoms with E-state index in [0.29, 0.717) is 5.41 Å². The first-order valence-electron chi connectivity index (χ1n) is 8.15. The first kappa shape index (κ1) is 13.3. The summed E-state index contributed by atoms with van der Waals surface area (Å²) in [7, 11) is 0. The van der Waals surface area contributed by atoms with Gasteiger partial charge in [-0.2, -0.15) is 12.6 Å². The molecule has 0 radical (unpaired) electrons. The van der Waals surface area contributed by atoms with E-state index in [9.17, 15) is 0 Å². The quantitative estimate of drug-likeness (QED) is 0.598. The van der Waals surface area contributed by atoms with Gasteiger partial charge < -0.3 is 4.90 Å². The standard InChI is InChI=1S/C16H29NS/c18-13-16(8-3-1-2-4-9-16)12-17-10-14-6-5-7-15(14)11-17/h14-15,18H,1-13H2. The minimum Gasteiger partial charge on any atom is -0.302 e. The molecular formula is C16H29NS. The lowest BCUT2D eigenvalue weighted by Crippen LogP contribution is -2.38. The van der Waals surface area contributed by atoms with Crippen LogP contribution in [0.3, 0.4) is 0 Å². The van der Waals surface area contributed by atoms with Crippen LogP contribution in [0.15, 0.2) is 0 Å². The maximum absolute atomic E-state index is 4.73. The predicted molar refractivity (Wildman–Crippen MR) is 81.3 cm³/mol. The van der Waals surface area contributed by atoms with Crippen LogP contribution >= 0.6 is 12.6 Å². The molecule has 2 atom stereocenters. The molecule has 0 aromatic rings. The van der Waals surface area contributed by atoms with Crippen LogP contribution in [-0.4, -0.2) is 30.3 Å². The van der Waals surface area contributed by atoms with Crippen LogP contribution in [0.5, 0.6) is 0 Å². The van der Waals surface area contributed by atoms with E-state index in [2.05, 4.69) is 4.90 Å². The third-order valence-corrected chi connectivity index (χ3v) is 6.53. The monoisotopic (exact) mass is 267 g/mol. The van der Waals surface area contributed by atoms with Crippen LogP contribution in [0, 0.1) is 17.3 Å². The second-order valence-corrected chi connectivity index (χ2v) is 7.53. The summed E-state index contributed by atoms with van der Waals surface area (Å²) in [6.07, 6.45) is 13.2. The average molecular weight is 267 g/mol. The average Bonchev–Trinajstić information content (AvgIpc) is 2.85. The van der Waals surface area contributed by atoms with Gasteiger partial charge in [0.25, 0.3) is 0 Å². The number of rotatable bonds is 3. The van der Waals surface area contributed by atoms with Gasteiger partial charge in [0.15, 0.2) is 0 Å². The predicted octanol–water partition coefficient (Wildman–Crippen LogP) is 3.99. The van der Waals surface area contributed by atoms with Gasteiger partial charge in [-0.25, -0.2) is 0 Å². The van der Waals surface area contributed by atoms with Crippen LogP contribution in [0.25, 0.3) is 0 Å². The summed E-state index contributed by atoms with van der Waals surface area (Å²) in [5.74, 6) is 3.21. The summed E-state index contributed by atoms with van der Waals surface area (Å²) in [5.41, 5.74) is 0.554. The summed E-state index contributed by atoms with van der Waals surface area (Å²) in [4.78, 5) is 2.80. The van der Waals surface area contributed by atoms with Crippen LogP contribution in [0.4, 0.5) is 0 Å². The molecule has 1 heterocycles. The van der Waals surface area contributed by atoms with Crippen molar-refractivity contribution < 1.29 is 0 Å². The second kappa shape index (κ2) is 5.75. The highest BCUT2D eigenvalue weighted by Crippen LogP contribution is 2.42. The van der Waals surface area contributed by atoms with Gasteiger partial charge in [0.1, 0.15) is 0 Å². The molecule has 0 aromatic carbocycles. The minimum atomic E-state index is 0.554. The molecule has 2 aliphatic carbocycles. The number of fused-ring (bicyclic) bond motifs is 1. The molecule has 2 heteroatoms. The Kier molecular flexibility index (Phi) is 4.25. The Labute approximate surface area is 118 Å². The molecule has 1 nitrogen and oxygen atoms in total. The Morgan fingerprint density at radius 1 is 0.889 bits per heavy atom. The fourth-order valence-electron chi connectivity index (χ4n) is 4.78. The Balaban J connectivity index is 1.59. The normalized spacial score (nSPS) is 36.5. The zero-order chi connectivity index (χ0) is 12.4. The molecule has 104 valence electrons. The van der Waals surface area contributed by atoms with Crippen molar-refractivity contribution in [1.82, 2.24) is 4.90 Å². The zero-order valence-electron chi connectivity index (χ0n) is 11.7. The number of hydrogen-bond donors (Lipinski definition) is 1. The molecule has 2 unspecified atom stereocenters. The molecule has 3 aliphatic rings. The molecule has 0 amide bonds. The molecule has 1 saturated heterocycles. The summed E-state index contributed by atoms with van der Waals surface area (Å²) in [6.45, 7) is 4.16. The summed E-state index contributed by atoms with van der Waals surface area (Å²) >= 11 is 4.73. The van der Waals surface area contributed by atoms with Gasteiger partial charge in [-0.05, 0) is 48.7 Å². The van der Waals surface area contributed by atoms with Gasteiger partial charge in [-0.3, -0.25) is 0 Å². The SMILES string of the molecule is SCC1(CN2CC3CCCC3C2)CCCCCC1. The van der Waals surface area contributed by atoms with E-state index < -0.39 is 0 Å². The largest absolute Gasteiger partial charge is 0.302 e. The third kappa shape index (κ3) is 2.75. The number of hydrogen-bond acceptors (Lipinski definition) is 2. The Morgan fingerprint density at radius 3 is 2.06 bits per heavy atom. The Hall–Kier alpha value is 0.310. The van der Waals surface area contributed by atoms with Crippen LogP contribution < -0.4 is 0 Å². The molecule has 0 N–H and O–H groups in total. The fourth-order valence-corrected chi connectivity index (χ4v) is 5.20. The second-order valence-electron chi connectivity index (χ2n) is 7.22. The van der Waals surface area contributed by atoms with Crippen molar-refractivity contribution in [3.63, 3.8) is 0 Å². The van der Waals surface area contributed by atoms with E-state index in [1.165, 1.54) is 77.4 Å². The van der Waals surface area contributed by atoms with Gasteiger partial charge in [0.2, 0.25) is 0 Å². The topological polar surface area (TPSA) is 3.24 Å². The van der Waals surface area contributed by atoms with Crippen molar-refractivity contribution >= 4 is 12.6 Å². The van der Waals surface area contributed by atoms with Crippen molar-refractivity contribution in [3.05, 3.63) is 0 Å².